The normalized spacial score (nSPS) is 11.2. The molecule has 0 saturated heterocycles. The first-order chi connectivity index (χ1) is 14.6. The summed E-state index contributed by atoms with van der Waals surface area (Å²) in [4.78, 5) is 0.751. The zero-order valence-electron chi connectivity index (χ0n) is 17.1. The largest absolute Gasteiger partial charge is 0.203 e. The summed E-state index contributed by atoms with van der Waals surface area (Å²) < 4.78 is 31.1. The highest BCUT2D eigenvalue weighted by Gasteiger charge is 2.17. The van der Waals surface area contributed by atoms with Gasteiger partial charge in [-0.25, -0.2) is 8.78 Å². The Kier molecular flexibility index (Phi) is 6.10. The van der Waals surface area contributed by atoms with Gasteiger partial charge in [-0.3, -0.25) is 0 Å². The lowest BCUT2D eigenvalue weighted by atomic mass is 9.99. The van der Waals surface area contributed by atoms with E-state index in [-0.39, 0.29) is 5.56 Å². The highest BCUT2D eigenvalue weighted by molar-refractivity contribution is 7.22. The van der Waals surface area contributed by atoms with Gasteiger partial charge in [-0.1, -0.05) is 61.9 Å². The van der Waals surface area contributed by atoms with Gasteiger partial charge in [0.05, 0.1) is 0 Å². The van der Waals surface area contributed by atoms with Crippen LogP contribution >= 0.6 is 11.3 Å². The molecule has 30 heavy (non-hydrogen) atoms. The molecular weight excluding hydrogens is 394 g/mol. The Hall–Kier alpha value is -2.78. The molecule has 1 heterocycles. The highest BCUT2D eigenvalue weighted by atomic mass is 32.1. The molecule has 3 heteroatoms. The minimum absolute atomic E-state index is 0.290. The maximum atomic E-state index is 15.0. The van der Waals surface area contributed by atoms with Crippen LogP contribution in [-0.4, -0.2) is 0 Å². The molecule has 0 fully saturated rings. The van der Waals surface area contributed by atoms with Crippen molar-refractivity contribution in [3.8, 4) is 21.6 Å². The summed E-state index contributed by atoms with van der Waals surface area (Å²) in [7, 11) is 0. The molecule has 0 bridgehead atoms. The Morgan fingerprint density at radius 2 is 1.53 bits per heavy atom. The van der Waals surface area contributed by atoms with E-state index in [2.05, 4.69) is 31.7 Å². The third kappa shape index (κ3) is 4.08. The molecule has 0 spiro atoms. The number of fused-ring (bicyclic) bond motifs is 1. The number of allylic oxidation sites excluding steroid dienone is 1. The monoisotopic (exact) mass is 418 g/mol. The molecule has 0 nitrogen and oxygen atoms in total. The van der Waals surface area contributed by atoms with E-state index in [1.54, 1.807) is 12.1 Å². The van der Waals surface area contributed by atoms with Gasteiger partial charge in [-0.15, -0.1) is 17.9 Å². The van der Waals surface area contributed by atoms with Crippen LogP contribution in [0.2, 0.25) is 0 Å². The second-order valence-electron chi connectivity index (χ2n) is 7.55. The van der Waals surface area contributed by atoms with Gasteiger partial charge < -0.3 is 0 Å². The van der Waals surface area contributed by atoms with Gasteiger partial charge in [0.15, 0.2) is 11.6 Å². The summed E-state index contributed by atoms with van der Waals surface area (Å²) in [6.45, 7) is 5.88. The van der Waals surface area contributed by atoms with Crippen LogP contribution in [0.5, 0.6) is 0 Å². The molecule has 3 aromatic carbocycles. The van der Waals surface area contributed by atoms with E-state index in [1.165, 1.54) is 16.9 Å². The lowest BCUT2D eigenvalue weighted by molar-refractivity contribution is 0.514. The van der Waals surface area contributed by atoms with E-state index < -0.39 is 11.6 Å². The van der Waals surface area contributed by atoms with Gasteiger partial charge >= 0.3 is 0 Å². The van der Waals surface area contributed by atoms with Crippen molar-refractivity contribution in [2.45, 2.75) is 32.6 Å². The molecule has 4 aromatic rings. The molecule has 0 aliphatic heterocycles. The molecular formula is C27H24F2S. The van der Waals surface area contributed by atoms with E-state index in [0.29, 0.717) is 11.1 Å². The maximum absolute atomic E-state index is 15.0. The number of thiophene rings is 1. The fraction of sp³-hybridized carbons (Fsp3) is 0.185. The number of benzene rings is 3. The molecule has 0 N–H and O–H groups in total. The second-order valence-corrected chi connectivity index (χ2v) is 8.63. The first-order valence-electron chi connectivity index (χ1n) is 10.3. The van der Waals surface area contributed by atoms with Crippen molar-refractivity contribution in [1.29, 1.82) is 0 Å². The third-order valence-corrected chi connectivity index (χ3v) is 6.50. The van der Waals surface area contributed by atoms with Crippen LogP contribution in [-0.2, 0) is 12.8 Å². The quantitative estimate of drug-likeness (QED) is 0.264. The van der Waals surface area contributed by atoms with E-state index >= 15 is 4.39 Å². The summed E-state index contributed by atoms with van der Waals surface area (Å²) in [6, 6.07) is 19.3. The molecule has 0 amide bonds. The number of aryl methyl sites for hydroxylation is 2. The number of hydrogen-bond donors (Lipinski definition) is 0. The molecule has 0 saturated carbocycles. The van der Waals surface area contributed by atoms with Crippen molar-refractivity contribution in [1.82, 2.24) is 0 Å². The summed E-state index contributed by atoms with van der Waals surface area (Å²) in [6.07, 6.45) is 5.77. The van der Waals surface area contributed by atoms with E-state index in [4.69, 9.17) is 0 Å². The van der Waals surface area contributed by atoms with E-state index in [0.717, 1.165) is 46.2 Å². The molecule has 152 valence electrons. The molecule has 0 atom stereocenters. The lowest BCUT2D eigenvalue weighted by Gasteiger charge is -2.09. The Balaban J connectivity index is 1.67. The number of halogens is 2. The van der Waals surface area contributed by atoms with E-state index in [9.17, 15) is 4.39 Å². The van der Waals surface area contributed by atoms with Gasteiger partial charge in [0, 0.05) is 20.7 Å². The van der Waals surface area contributed by atoms with Crippen molar-refractivity contribution < 1.29 is 8.78 Å². The Labute approximate surface area is 180 Å². The highest BCUT2D eigenvalue weighted by Crippen LogP contribution is 2.38. The van der Waals surface area contributed by atoms with Crippen molar-refractivity contribution in [3.63, 3.8) is 0 Å². The van der Waals surface area contributed by atoms with Crippen LogP contribution in [0.25, 0.3) is 31.7 Å². The summed E-state index contributed by atoms with van der Waals surface area (Å²) in [5, 5.41) is 1.06. The van der Waals surface area contributed by atoms with Crippen LogP contribution < -0.4 is 0 Å². The summed E-state index contributed by atoms with van der Waals surface area (Å²) >= 11 is 1.51. The van der Waals surface area contributed by atoms with Gasteiger partial charge in [0.25, 0.3) is 0 Å². The number of rotatable bonds is 7. The van der Waals surface area contributed by atoms with Crippen LogP contribution in [0, 0.1) is 11.6 Å². The minimum Gasteiger partial charge on any atom is -0.203 e. The van der Waals surface area contributed by atoms with Gasteiger partial charge in [0.1, 0.15) is 0 Å². The first kappa shape index (κ1) is 20.5. The van der Waals surface area contributed by atoms with E-state index in [1.807, 2.05) is 36.4 Å². The SMILES string of the molecule is C=CCCc1ccc(-c2ccc(-c3cc4ccc(CCC)cc4s3)c(F)c2F)cc1. The Morgan fingerprint density at radius 3 is 2.27 bits per heavy atom. The lowest BCUT2D eigenvalue weighted by Crippen LogP contribution is -1.93. The first-order valence-corrected chi connectivity index (χ1v) is 11.1. The molecule has 0 radical (unpaired) electrons. The topological polar surface area (TPSA) is 0 Å². The molecule has 0 unspecified atom stereocenters. The minimum atomic E-state index is -0.796. The molecule has 0 aliphatic rings. The van der Waals surface area contributed by atoms with Crippen LogP contribution in [0.4, 0.5) is 8.78 Å². The van der Waals surface area contributed by atoms with Crippen LogP contribution in [0.1, 0.15) is 30.9 Å². The van der Waals surface area contributed by atoms with Crippen molar-refractivity contribution in [2.24, 2.45) is 0 Å². The van der Waals surface area contributed by atoms with Gasteiger partial charge in [0.2, 0.25) is 0 Å². The molecule has 1 aromatic heterocycles. The molecule has 0 aliphatic carbocycles. The van der Waals surface area contributed by atoms with Crippen molar-refractivity contribution >= 4 is 21.4 Å². The number of hydrogen-bond acceptors (Lipinski definition) is 1. The fourth-order valence-corrected chi connectivity index (χ4v) is 4.88. The smallest absolute Gasteiger partial charge is 0.168 e. The fourth-order valence-electron chi connectivity index (χ4n) is 3.73. The van der Waals surface area contributed by atoms with Crippen LogP contribution in [0.15, 0.2) is 73.3 Å². The zero-order valence-corrected chi connectivity index (χ0v) is 17.9. The Morgan fingerprint density at radius 1 is 0.833 bits per heavy atom. The van der Waals surface area contributed by atoms with Crippen LogP contribution in [0.3, 0.4) is 0 Å². The predicted octanol–water partition coefficient (Wildman–Crippen LogP) is 8.58. The Bertz CT molecular complexity index is 1190. The zero-order chi connectivity index (χ0) is 21.1. The molecule has 4 rings (SSSR count). The standard InChI is InChI=1S/C27H24F2S/c1-3-5-7-18-8-11-20(12-9-18)22-14-15-23(27(29)26(22)28)25-17-21-13-10-19(6-4-2)16-24(21)30-25/h3,8-17H,1,4-7H2,2H3. The predicted molar refractivity (Wildman–Crippen MR) is 125 cm³/mol. The average Bonchev–Trinajstić information content (AvgIpc) is 3.18. The van der Waals surface area contributed by atoms with Gasteiger partial charge in [-0.05, 0) is 59.5 Å². The van der Waals surface area contributed by atoms with Crippen molar-refractivity contribution in [3.05, 3.63) is 96.1 Å². The summed E-state index contributed by atoms with van der Waals surface area (Å²) in [5.74, 6) is -1.58. The summed E-state index contributed by atoms with van der Waals surface area (Å²) in [5.41, 5.74) is 3.72. The van der Waals surface area contributed by atoms with Crippen molar-refractivity contribution in [2.75, 3.05) is 0 Å². The average molecular weight is 419 g/mol. The maximum Gasteiger partial charge on any atom is 0.168 e. The van der Waals surface area contributed by atoms with Gasteiger partial charge in [-0.2, -0.15) is 0 Å². The second kappa shape index (κ2) is 8.93. The third-order valence-electron chi connectivity index (χ3n) is 5.37.